The predicted molar refractivity (Wildman–Crippen MR) is 128 cm³/mol. The summed E-state index contributed by atoms with van der Waals surface area (Å²) in [7, 11) is 0. The number of hydrogen-bond acceptors (Lipinski definition) is 5. The van der Waals surface area contributed by atoms with Crippen LogP contribution in [-0.4, -0.2) is 29.6 Å². The van der Waals surface area contributed by atoms with Crippen LogP contribution in [-0.2, 0) is 16.2 Å². The van der Waals surface area contributed by atoms with Crippen LogP contribution < -0.4 is 9.47 Å². The molecule has 33 heavy (non-hydrogen) atoms. The molecular weight excluding hydrogens is 508 g/mol. The number of carbonyl (C=O) groups is 2. The minimum Gasteiger partial charge on any atom is -0.490 e. The third kappa shape index (κ3) is 3.97. The molecule has 3 aliphatic rings. The molecule has 2 aliphatic carbocycles. The predicted octanol–water partition coefficient (Wildman–Crippen LogP) is 5.22. The molecule has 1 saturated heterocycles. The normalized spacial score (nSPS) is 25.4. The zero-order chi connectivity index (χ0) is 23.1. The van der Waals surface area contributed by atoms with Gasteiger partial charge in [-0.1, -0.05) is 42.0 Å². The number of hydrazone groups is 1. The van der Waals surface area contributed by atoms with Gasteiger partial charge in [0.05, 0.1) is 29.1 Å². The number of hydrogen-bond donors (Lipinski definition) is 0. The van der Waals surface area contributed by atoms with E-state index in [-0.39, 0.29) is 42.1 Å². The lowest BCUT2D eigenvalue weighted by Gasteiger charge is -2.15. The Hall–Kier alpha value is -2.64. The van der Waals surface area contributed by atoms with Crippen LogP contribution >= 0.6 is 27.5 Å². The van der Waals surface area contributed by atoms with Gasteiger partial charge < -0.3 is 9.47 Å². The molecule has 8 heteroatoms. The molecule has 0 N–H and O–H groups in total. The SMILES string of the molecule is CCOc1cc(/C=N\N2C(=O)[C@@H]3[C@H](C2=O)[C@H]2C=C[C@H]3C2)cc(Br)c1OCc1ccccc1Cl. The summed E-state index contributed by atoms with van der Waals surface area (Å²) in [6.45, 7) is 2.61. The fourth-order valence-corrected chi connectivity index (χ4v) is 5.72. The van der Waals surface area contributed by atoms with Crippen LogP contribution in [0, 0.1) is 23.7 Å². The van der Waals surface area contributed by atoms with Gasteiger partial charge in [-0.3, -0.25) is 9.59 Å². The summed E-state index contributed by atoms with van der Waals surface area (Å²) in [6.07, 6.45) is 6.54. The first kappa shape index (κ1) is 22.2. The van der Waals surface area contributed by atoms with Crippen molar-refractivity contribution in [3.63, 3.8) is 0 Å². The van der Waals surface area contributed by atoms with Crippen LogP contribution in [0.4, 0.5) is 0 Å². The number of nitrogens with zero attached hydrogens (tertiary/aromatic N) is 2. The molecule has 1 saturated carbocycles. The maximum Gasteiger partial charge on any atom is 0.254 e. The fourth-order valence-electron chi connectivity index (χ4n) is 4.96. The summed E-state index contributed by atoms with van der Waals surface area (Å²) in [5.74, 6) is 0.434. The molecule has 6 nitrogen and oxygen atoms in total. The summed E-state index contributed by atoms with van der Waals surface area (Å²) >= 11 is 9.78. The van der Waals surface area contributed by atoms with Crippen molar-refractivity contribution >= 4 is 45.6 Å². The summed E-state index contributed by atoms with van der Waals surface area (Å²) in [5.41, 5.74) is 1.54. The number of rotatable bonds is 7. The number of carbonyl (C=O) groups excluding carboxylic acids is 2. The number of ether oxygens (including phenoxy) is 2. The van der Waals surface area contributed by atoms with Crippen LogP contribution in [0.2, 0.25) is 5.02 Å². The molecule has 2 bridgehead atoms. The van der Waals surface area contributed by atoms with E-state index in [1.807, 2.05) is 37.3 Å². The molecule has 0 radical (unpaired) electrons. The molecule has 2 aromatic carbocycles. The van der Waals surface area contributed by atoms with Crippen LogP contribution in [0.1, 0.15) is 24.5 Å². The highest BCUT2D eigenvalue weighted by Gasteiger charge is 2.59. The van der Waals surface area contributed by atoms with Gasteiger partial charge >= 0.3 is 0 Å². The van der Waals surface area contributed by atoms with Crippen LogP contribution in [0.25, 0.3) is 0 Å². The van der Waals surface area contributed by atoms with E-state index in [9.17, 15) is 9.59 Å². The lowest BCUT2D eigenvalue weighted by Crippen LogP contribution is -2.28. The Kier molecular flexibility index (Phi) is 6.01. The topological polar surface area (TPSA) is 68.2 Å². The highest BCUT2D eigenvalue weighted by molar-refractivity contribution is 9.10. The summed E-state index contributed by atoms with van der Waals surface area (Å²) in [5, 5.41) is 5.93. The maximum atomic E-state index is 12.8. The second-order valence-electron chi connectivity index (χ2n) is 8.38. The van der Waals surface area contributed by atoms with Crippen LogP contribution in [0.3, 0.4) is 0 Å². The van der Waals surface area contributed by atoms with Crippen molar-refractivity contribution in [1.29, 1.82) is 0 Å². The van der Waals surface area contributed by atoms with Gasteiger partial charge in [0.25, 0.3) is 11.8 Å². The third-order valence-corrected chi connectivity index (χ3v) is 7.39. The van der Waals surface area contributed by atoms with Gasteiger partial charge in [-0.05, 0) is 64.9 Å². The van der Waals surface area contributed by atoms with E-state index in [2.05, 4.69) is 33.2 Å². The number of imide groups is 1. The summed E-state index contributed by atoms with van der Waals surface area (Å²) < 4.78 is 12.5. The molecule has 1 heterocycles. The molecule has 4 atom stereocenters. The first-order chi connectivity index (χ1) is 16.0. The van der Waals surface area contributed by atoms with E-state index >= 15 is 0 Å². The molecule has 0 unspecified atom stereocenters. The molecule has 2 amide bonds. The van der Waals surface area contributed by atoms with E-state index in [0.29, 0.717) is 33.2 Å². The zero-order valence-electron chi connectivity index (χ0n) is 17.9. The van der Waals surface area contributed by atoms with Gasteiger partial charge in [0.2, 0.25) is 0 Å². The highest BCUT2D eigenvalue weighted by Crippen LogP contribution is 2.52. The maximum absolute atomic E-state index is 12.8. The molecular formula is C25H22BrClN2O4. The van der Waals surface area contributed by atoms with E-state index < -0.39 is 0 Å². The average Bonchev–Trinajstić information content (AvgIpc) is 3.47. The number of fused-ring (bicyclic) bond motifs is 5. The minimum atomic E-state index is -0.268. The van der Waals surface area contributed by atoms with Crippen molar-refractivity contribution < 1.29 is 19.1 Å². The van der Waals surface area contributed by atoms with Crippen LogP contribution in [0.5, 0.6) is 11.5 Å². The van der Waals surface area contributed by atoms with Crippen molar-refractivity contribution in [2.45, 2.75) is 20.0 Å². The van der Waals surface area contributed by atoms with E-state index in [0.717, 1.165) is 17.0 Å². The van der Waals surface area contributed by atoms with Gasteiger partial charge in [-0.15, -0.1) is 0 Å². The van der Waals surface area contributed by atoms with Gasteiger partial charge in [0.15, 0.2) is 11.5 Å². The van der Waals surface area contributed by atoms with E-state index in [1.165, 1.54) is 6.21 Å². The van der Waals surface area contributed by atoms with E-state index in [4.69, 9.17) is 21.1 Å². The van der Waals surface area contributed by atoms with Gasteiger partial charge in [-0.2, -0.15) is 10.1 Å². The number of allylic oxidation sites excluding steroid dienone is 2. The summed E-state index contributed by atoms with van der Waals surface area (Å²) in [4.78, 5) is 25.7. The smallest absolute Gasteiger partial charge is 0.254 e. The molecule has 5 rings (SSSR count). The first-order valence-electron chi connectivity index (χ1n) is 10.9. The molecule has 1 aliphatic heterocycles. The lowest BCUT2D eigenvalue weighted by molar-refractivity contribution is -0.140. The van der Waals surface area contributed by atoms with E-state index in [1.54, 1.807) is 6.07 Å². The Morgan fingerprint density at radius 3 is 2.48 bits per heavy atom. The highest BCUT2D eigenvalue weighted by atomic mass is 79.9. The fraction of sp³-hybridized carbons (Fsp3) is 0.320. The lowest BCUT2D eigenvalue weighted by atomic mass is 9.85. The van der Waals surface area contributed by atoms with Crippen molar-refractivity contribution in [2.24, 2.45) is 28.8 Å². The molecule has 170 valence electrons. The standard InChI is InChI=1S/C25H22BrClN2O4/c1-2-32-20-10-14(9-18(26)23(20)33-13-17-5-3-4-6-19(17)27)12-28-29-24(30)21-15-7-8-16(11-15)22(21)25(29)31/h3-10,12,15-16,21-22H,2,11,13H2,1H3/b28-12-/t15-,16-,21-,22+/m0/s1. The average molecular weight is 530 g/mol. The second kappa shape index (κ2) is 8.95. The Labute approximate surface area is 205 Å². The monoisotopic (exact) mass is 528 g/mol. The Bertz CT molecular complexity index is 1150. The minimum absolute atomic E-state index is 0.157. The third-order valence-electron chi connectivity index (χ3n) is 6.43. The molecule has 0 aromatic heterocycles. The Morgan fingerprint density at radius 1 is 1.12 bits per heavy atom. The number of amides is 2. The van der Waals surface area contributed by atoms with Crippen molar-refractivity contribution in [3.05, 3.63) is 69.2 Å². The molecule has 0 spiro atoms. The summed E-state index contributed by atoms with van der Waals surface area (Å²) in [6, 6.07) is 11.1. The van der Waals surface area contributed by atoms with Crippen molar-refractivity contribution in [2.75, 3.05) is 6.61 Å². The second-order valence-corrected chi connectivity index (χ2v) is 9.64. The van der Waals surface area contributed by atoms with Gasteiger partial charge in [-0.25, -0.2) is 0 Å². The van der Waals surface area contributed by atoms with Gasteiger partial charge in [0.1, 0.15) is 6.61 Å². The quantitative estimate of drug-likeness (QED) is 0.280. The zero-order valence-corrected chi connectivity index (χ0v) is 20.3. The Balaban J connectivity index is 1.36. The van der Waals surface area contributed by atoms with Crippen molar-refractivity contribution in [1.82, 2.24) is 5.01 Å². The largest absolute Gasteiger partial charge is 0.490 e. The Morgan fingerprint density at radius 2 is 1.82 bits per heavy atom. The number of benzene rings is 2. The van der Waals surface area contributed by atoms with Crippen molar-refractivity contribution in [3.8, 4) is 11.5 Å². The molecule has 2 aromatic rings. The van der Waals surface area contributed by atoms with Crippen LogP contribution in [0.15, 0.2) is 58.1 Å². The molecule has 2 fully saturated rings. The first-order valence-corrected chi connectivity index (χ1v) is 12.1. The van der Waals surface area contributed by atoms with Gasteiger partial charge in [0, 0.05) is 10.6 Å². The number of halogens is 2.